The van der Waals surface area contributed by atoms with E-state index in [0.29, 0.717) is 12.1 Å². The first kappa shape index (κ1) is 15.6. The van der Waals surface area contributed by atoms with E-state index in [0.717, 1.165) is 12.5 Å². The fraction of sp³-hybridized carbons (Fsp3) is 0.824. The Labute approximate surface area is 124 Å². The molecule has 1 aromatic rings. The molecule has 0 aliphatic heterocycles. The second kappa shape index (κ2) is 6.75. The number of rotatable bonds is 5. The van der Waals surface area contributed by atoms with Crippen molar-refractivity contribution >= 4 is 0 Å². The van der Waals surface area contributed by atoms with Crippen LogP contribution in [0.15, 0.2) is 0 Å². The van der Waals surface area contributed by atoms with E-state index in [9.17, 15) is 0 Å². The summed E-state index contributed by atoms with van der Waals surface area (Å²) in [6.45, 7) is 12.0. The quantitative estimate of drug-likeness (QED) is 0.876. The molecule has 0 spiro atoms. The van der Waals surface area contributed by atoms with Gasteiger partial charge in [-0.2, -0.15) is 5.10 Å². The third-order valence-electron chi connectivity index (χ3n) is 4.90. The maximum absolute atomic E-state index is 4.84. The smallest absolute Gasteiger partial charge is 0.0641 e. The SMILES string of the molecule is CCC1CCC(n2nc(C)c(CNC(C)C)c2C)CC1. The van der Waals surface area contributed by atoms with Gasteiger partial charge < -0.3 is 5.32 Å². The van der Waals surface area contributed by atoms with E-state index in [1.165, 1.54) is 49.1 Å². The van der Waals surface area contributed by atoms with E-state index < -0.39 is 0 Å². The van der Waals surface area contributed by atoms with Crippen LogP contribution < -0.4 is 5.32 Å². The first-order valence-corrected chi connectivity index (χ1v) is 8.30. The van der Waals surface area contributed by atoms with Crippen molar-refractivity contribution < 1.29 is 0 Å². The normalized spacial score (nSPS) is 23.5. The summed E-state index contributed by atoms with van der Waals surface area (Å²) < 4.78 is 2.32. The lowest BCUT2D eigenvalue weighted by Crippen LogP contribution is -2.23. The summed E-state index contributed by atoms with van der Waals surface area (Å²) in [5.41, 5.74) is 3.97. The molecule has 0 atom stereocenters. The van der Waals surface area contributed by atoms with Crippen molar-refractivity contribution in [3.63, 3.8) is 0 Å². The maximum atomic E-state index is 4.84. The van der Waals surface area contributed by atoms with E-state index in [1.54, 1.807) is 0 Å². The molecule has 1 saturated carbocycles. The standard InChI is InChI=1S/C17H31N3/c1-6-15-7-9-16(10-8-15)20-14(5)17(13(4)19-20)11-18-12(2)3/h12,15-16,18H,6-11H2,1-5H3. The Morgan fingerprint density at radius 2 is 1.85 bits per heavy atom. The van der Waals surface area contributed by atoms with Crippen LogP contribution in [0.1, 0.15) is 75.9 Å². The van der Waals surface area contributed by atoms with Gasteiger partial charge in [0.1, 0.15) is 0 Å². The van der Waals surface area contributed by atoms with E-state index in [4.69, 9.17) is 5.10 Å². The van der Waals surface area contributed by atoms with Crippen LogP contribution in [0, 0.1) is 19.8 Å². The minimum absolute atomic E-state index is 0.525. The maximum Gasteiger partial charge on any atom is 0.0641 e. The van der Waals surface area contributed by atoms with E-state index >= 15 is 0 Å². The summed E-state index contributed by atoms with van der Waals surface area (Å²) >= 11 is 0. The highest BCUT2D eigenvalue weighted by Crippen LogP contribution is 2.34. The Hall–Kier alpha value is -0.830. The monoisotopic (exact) mass is 277 g/mol. The Balaban J connectivity index is 2.07. The fourth-order valence-electron chi connectivity index (χ4n) is 3.41. The topological polar surface area (TPSA) is 29.9 Å². The number of nitrogens with zero attached hydrogens (tertiary/aromatic N) is 2. The molecule has 114 valence electrons. The first-order valence-electron chi connectivity index (χ1n) is 8.30. The van der Waals surface area contributed by atoms with Gasteiger partial charge in [0.15, 0.2) is 0 Å². The minimum Gasteiger partial charge on any atom is -0.310 e. The zero-order valence-corrected chi connectivity index (χ0v) is 13.9. The van der Waals surface area contributed by atoms with Crippen LogP contribution in [0.5, 0.6) is 0 Å². The lowest BCUT2D eigenvalue weighted by molar-refractivity contribution is 0.253. The molecule has 0 saturated heterocycles. The van der Waals surface area contributed by atoms with Crippen LogP contribution in [0.4, 0.5) is 0 Å². The Morgan fingerprint density at radius 1 is 1.20 bits per heavy atom. The number of aryl methyl sites for hydroxylation is 1. The average molecular weight is 277 g/mol. The molecule has 3 nitrogen and oxygen atoms in total. The van der Waals surface area contributed by atoms with E-state index in [1.807, 2.05) is 0 Å². The molecule has 20 heavy (non-hydrogen) atoms. The largest absolute Gasteiger partial charge is 0.310 e. The molecule has 1 heterocycles. The van der Waals surface area contributed by atoms with Crippen LogP contribution in [0.3, 0.4) is 0 Å². The summed E-state index contributed by atoms with van der Waals surface area (Å²) in [5.74, 6) is 0.949. The van der Waals surface area contributed by atoms with Crippen LogP contribution in [0.2, 0.25) is 0 Å². The van der Waals surface area contributed by atoms with Crippen molar-refractivity contribution in [2.24, 2.45) is 5.92 Å². The van der Waals surface area contributed by atoms with Gasteiger partial charge in [-0.15, -0.1) is 0 Å². The van der Waals surface area contributed by atoms with Gasteiger partial charge in [0.05, 0.1) is 11.7 Å². The van der Waals surface area contributed by atoms with Crippen molar-refractivity contribution in [2.45, 2.75) is 85.4 Å². The molecular formula is C17H31N3. The average Bonchev–Trinajstić information content (AvgIpc) is 2.72. The summed E-state index contributed by atoms with van der Waals surface area (Å²) in [4.78, 5) is 0. The molecule has 1 aromatic heterocycles. The van der Waals surface area contributed by atoms with Crippen molar-refractivity contribution in [3.8, 4) is 0 Å². The number of hydrogen-bond acceptors (Lipinski definition) is 2. The predicted molar refractivity (Wildman–Crippen MR) is 85.0 cm³/mol. The lowest BCUT2D eigenvalue weighted by Gasteiger charge is -2.28. The number of nitrogens with one attached hydrogen (secondary N) is 1. The predicted octanol–water partition coefficient (Wildman–Crippen LogP) is 4.14. The summed E-state index contributed by atoms with van der Waals surface area (Å²) in [6.07, 6.45) is 6.70. The van der Waals surface area contributed by atoms with Crippen molar-refractivity contribution in [3.05, 3.63) is 17.0 Å². The molecule has 1 N–H and O–H groups in total. The molecule has 0 radical (unpaired) electrons. The Morgan fingerprint density at radius 3 is 2.40 bits per heavy atom. The van der Waals surface area contributed by atoms with Gasteiger partial charge in [0, 0.05) is 23.8 Å². The highest BCUT2D eigenvalue weighted by molar-refractivity contribution is 5.25. The van der Waals surface area contributed by atoms with Crippen LogP contribution in [-0.4, -0.2) is 15.8 Å². The molecule has 0 amide bonds. The van der Waals surface area contributed by atoms with Gasteiger partial charge in [-0.3, -0.25) is 4.68 Å². The molecule has 2 rings (SSSR count). The number of aromatic nitrogens is 2. The molecule has 3 heteroatoms. The third kappa shape index (κ3) is 3.43. The lowest BCUT2D eigenvalue weighted by atomic mass is 9.84. The van der Waals surface area contributed by atoms with Gasteiger partial charge in [-0.05, 0) is 45.4 Å². The van der Waals surface area contributed by atoms with Gasteiger partial charge in [-0.1, -0.05) is 27.2 Å². The molecule has 0 unspecified atom stereocenters. The minimum atomic E-state index is 0.525. The van der Waals surface area contributed by atoms with E-state index in [2.05, 4.69) is 44.6 Å². The Bertz CT molecular complexity index is 426. The van der Waals surface area contributed by atoms with Crippen LogP contribution in [0.25, 0.3) is 0 Å². The summed E-state index contributed by atoms with van der Waals surface area (Å²) in [7, 11) is 0. The van der Waals surface area contributed by atoms with Crippen molar-refractivity contribution in [1.82, 2.24) is 15.1 Å². The van der Waals surface area contributed by atoms with Gasteiger partial charge >= 0.3 is 0 Å². The van der Waals surface area contributed by atoms with Gasteiger partial charge in [0.25, 0.3) is 0 Å². The van der Waals surface area contributed by atoms with Crippen molar-refractivity contribution in [1.29, 1.82) is 0 Å². The van der Waals surface area contributed by atoms with Crippen molar-refractivity contribution in [2.75, 3.05) is 0 Å². The zero-order chi connectivity index (χ0) is 14.7. The fourth-order valence-corrected chi connectivity index (χ4v) is 3.41. The molecule has 1 fully saturated rings. The molecule has 0 bridgehead atoms. The molecule has 1 aliphatic carbocycles. The molecule has 1 aliphatic rings. The van der Waals surface area contributed by atoms with Crippen LogP contribution >= 0.6 is 0 Å². The summed E-state index contributed by atoms with van der Waals surface area (Å²) in [6, 6.07) is 1.15. The summed E-state index contributed by atoms with van der Waals surface area (Å²) in [5, 5.41) is 8.36. The third-order valence-corrected chi connectivity index (χ3v) is 4.90. The zero-order valence-electron chi connectivity index (χ0n) is 13.9. The van der Waals surface area contributed by atoms with Crippen LogP contribution in [-0.2, 0) is 6.54 Å². The second-order valence-corrected chi connectivity index (χ2v) is 6.71. The van der Waals surface area contributed by atoms with Gasteiger partial charge in [0.2, 0.25) is 0 Å². The highest BCUT2D eigenvalue weighted by atomic mass is 15.3. The molecule has 0 aromatic carbocycles. The van der Waals surface area contributed by atoms with E-state index in [-0.39, 0.29) is 0 Å². The highest BCUT2D eigenvalue weighted by Gasteiger charge is 2.24. The van der Waals surface area contributed by atoms with Gasteiger partial charge in [-0.25, -0.2) is 0 Å². The number of hydrogen-bond donors (Lipinski definition) is 1. The Kier molecular flexibility index (Phi) is 5.25. The molecular weight excluding hydrogens is 246 g/mol. The second-order valence-electron chi connectivity index (χ2n) is 6.71. The first-order chi connectivity index (χ1) is 9.52.